The second-order valence-corrected chi connectivity index (χ2v) is 10.9. The number of methoxy groups -OCH3 is 1. The molecule has 2 N–H and O–H groups in total. The smallest absolute Gasteiger partial charge is 0.329 e. The van der Waals surface area contributed by atoms with Crippen LogP contribution in [0.15, 0.2) is 36.7 Å². The van der Waals surface area contributed by atoms with Crippen LogP contribution in [0.3, 0.4) is 0 Å². The molecule has 0 aliphatic carbocycles. The van der Waals surface area contributed by atoms with Crippen molar-refractivity contribution in [2.75, 3.05) is 43.9 Å². The van der Waals surface area contributed by atoms with Crippen molar-refractivity contribution in [3.05, 3.63) is 47.9 Å². The molecule has 37 heavy (non-hydrogen) atoms. The number of pyridine rings is 2. The lowest BCUT2D eigenvalue weighted by Crippen LogP contribution is -2.41. The summed E-state index contributed by atoms with van der Waals surface area (Å²) in [6.07, 6.45) is 9.55. The van der Waals surface area contributed by atoms with Gasteiger partial charge in [0, 0.05) is 44.8 Å². The molecule has 0 saturated heterocycles. The van der Waals surface area contributed by atoms with Crippen molar-refractivity contribution in [2.24, 2.45) is 0 Å². The zero-order chi connectivity index (χ0) is 26.7. The molecule has 0 bridgehead atoms. The third kappa shape index (κ3) is 10.3. The Morgan fingerprint density at radius 2 is 2.05 bits per heavy atom. The van der Waals surface area contributed by atoms with E-state index in [-0.39, 0.29) is 12.1 Å². The first-order valence-electron chi connectivity index (χ1n) is 13.6. The highest BCUT2D eigenvalue weighted by Gasteiger charge is 2.26. The van der Waals surface area contributed by atoms with Crippen LogP contribution in [0, 0.1) is 0 Å². The molecule has 3 heterocycles. The van der Waals surface area contributed by atoms with Gasteiger partial charge in [-0.15, -0.1) is 0 Å². The number of carbonyl (C=O) groups excluding carboxylic acids is 1. The lowest BCUT2D eigenvalue weighted by atomic mass is 10.1. The van der Waals surface area contributed by atoms with Crippen molar-refractivity contribution >= 4 is 17.5 Å². The number of nitrogens with one attached hydrogen (secondary N) is 2. The van der Waals surface area contributed by atoms with Crippen molar-refractivity contribution in [1.82, 2.24) is 14.9 Å². The van der Waals surface area contributed by atoms with E-state index >= 15 is 0 Å². The number of fused-ring (bicyclic) bond motifs is 1. The van der Waals surface area contributed by atoms with Crippen LogP contribution in [0.2, 0.25) is 0 Å². The van der Waals surface area contributed by atoms with Gasteiger partial charge in [-0.3, -0.25) is 4.98 Å². The second kappa shape index (κ2) is 14.3. The van der Waals surface area contributed by atoms with Gasteiger partial charge >= 0.3 is 5.97 Å². The van der Waals surface area contributed by atoms with Crippen LogP contribution in [0.1, 0.15) is 64.6 Å². The van der Waals surface area contributed by atoms with Crippen LogP contribution in [0.4, 0.5) is 11.5 Å². The van der Waals surface area contributed by atoms with Crippen LogP contribution in [-0.2, 0) is 27.1 Å². The number of nitrogens with zero attached hydrogens (tertiary/aromatic N) is 3. The molecule has 8 nitrogen and oxygen atoms in total. The fraction of sp³-hybridized carbons (Fsp3) is 0.621. The van der Waals surface area contributed by atoms with Crippen LogP contribution in [0.25, 0.3) is 0 Å². The van der Waals surface area contributed by atoms with Gasteiger partial charge in [-0.05, 0) is 96.5 Å². The Hall–Kier alpha value is -2.71. The number of rotatable bonds is 14. The highest BCUT2D eigenvalue weighted by atomic mass is 16.6. The molecule has 0 radical (unpaired) electrons. The Morgan fingerprint density at radius 3 is 2.78 bits per heavy atom. The van der Waals surface area contributed by atoms with Gasteiger partial charge in [0.25, 0.3) is 0 Å². The van der Waals surface area contributed by atoms with E-state index in [2.05, 4.69) is 39.6 Å². The molecule has 8 heteroatoms. The van der Waals surface area contributed by atoms with E-state index in [1.807, 2.05) is 32.9 Å². The molecular formula is C29H45N5O3. The summed E-state index contributed by atoms with van der Waals surface area (Å²) in [6, 6.07) is 7.71. The van der Waals surface area contributed by atoms with Crippen LogP contribution in [-0.4, -0.2) is 71.9 Å². The Kier molecular flexibility index (Phi) is 11.1. The van der Waals surface area contributed by atoms with Gasteiger partial charge in [-0.1, -0.05) is 6.07 Å². The molecule has 2 aromatic heterocycles. The topological polar surface area (TPSA) is 88.6 Å². The number of hydrogen-bond donors (Lipinski definition) is 2. The first-order chi connectivity index (χ1) is 17.7. The summed E-state index contributed by atoms with van der Waals surface area (Å²) < 4.78 is 11.3. The van der Waals surface area contributed by atoms with Crippen molar-refractivity contribution in [3.8, 4) is 0 Å². The maximum Gasteiger partial charge on any atom is 0.329 e. The minimum absolute atomic E-state index is 0.111. The van der Waals surface area contributed by atoms with E-state index in [1.54, 1.807) is 19.5 Å². The first-order valence-corrected chi connectivity index (χ1v) is 13.6. The minimum atomic E-state index is -0.545. The Bertz CT molecular complexity index is 964. The van der Waals surface area contributed by atoms with E-state index in [9.17, 15) is 4.79 Å². The van der Waals surface area contributed by atoms with Gasteiger partial charge in [0.15, 0.2) is 0 Å². The third-order valence-corrected chi connectivity index (χ3v) is 6.45. The molecule has 0 aromatic carbocycles. The van der Waals surface area contributed by atoms with Crippen molar-refractivity contribution in [3.63, 3.8) is 0 Å². The molecule has 1 aliphatic rings. The molecule has 3 rings (SSSR count). The molecule has 0 fully saturated rings. The van der Waals surface area contributed by atoms with Gasteiger partial charge in [0.1, 0.15) is 17.5 Å². The highest BCUT2D eigenvalue weighted by molar-refractivity contribution is 5.79. The Morgan fingerprint density at radius 1 is 1.22 bits per heavy atom. The van der Waals surface area contributed by atoms with E-state index < -0.39 is 11.6 Å². The standard InChI is InChI=1S/C29H45N5O3/c1-22(36-5)21-34(18-7-6-11-24-14-13-23-10-8-17-31-27(23)33-24)19-15-26(28(35)37-29(2,3)4)32-25-12-9-16-30-20-25/h9,12-14,16,20,22,26,32H,6-8,10-11,15,17-19,21H2,1-5H3,(H,31,33). The summed E-state index contributed by atoms with van der Waals surface area (Å²) in [5.74, 6) is 0.816. The molecule has 2 unspecified atom stereocenters. The normalized spacial score (nSPS) is 15.0. The fourth-order valence-corrected chi connectivity index (χ4v) is 4.46. The number of carbonyl (C=O) groups is 1. The summed E-state index contributed by atoms with van der Waals surface area (Å²) in [5, 5.41) is 6.76. The van der Waals surface area contributed by atoms with Gasteiger partial charge in [0.2, 0.25) is 0 Å². The summed E-state index contributed by atoms with van der Waals surface area (Å²) in [6.45, 7) is 11.3. The lowest BCUT2D eigenvalue weighted by Gasteiger charge is -2.29. The number of hydrogen-bond acceptors (Lipinski definition) is 8. The third-order valence-electron chi connectivity index (χ3n) is 6.45. The maximum atomic E-state index is 13.0. The predicted molar refractivity (Wildman–Crippen MR) is 149 cm³/mol. The maximum absolute atomic E-state index is 13.0. The number of ether oxygens (including phenoxy) is 2. The molecule has 2 aromatic rings. The highest BCUT2D eigenvalue weighted by Crippen LogP contribution is 2.20. The van der Waals surface area contributed by atoms with Crippen molar-refractivity contribution in [1.29, 1.82) is 0 Å². The predicted octanol–water partition coefficient (Wildman–Crippen LogP) is 4.71. The zero-order valence-corrected chi connectivity index (χ0v) is 23.3. The molecular weight excluding hydrogens is 466 g/mol. The SMILES string of the molecule is COC(C)CN(CCCCc1ccc2c(n1)NCCC2)CCC(Nc1cccnc1)C(=O)OC(C)(C)C. The van der Waals surface area contributed by atoms with Gasteiger partial charge in [-0.2, -0.15) is 0 Å². The molecule has 0 amide bonds. The van der Waals surface area contributed by atoms with Crippen LogP contribution < -0.4 is 10.6 Å². The Balaban J connectivity index is 1.56. The molecule has 1 aliphatic heterocycles. The lowest BCUT2D eigenvalue weighted by molar-refractivity contribution is -0.156. The summed E-state index contributed by atoms with van der Waals surface area (Å²) >= 11 is 0. The minimum Gasteiger partial charge on any atom is -0.458 e. The monoisotopic (exact) mass is 511 g/mol. The van der Waals surface area contributed by atoms with Crippen LogP contribution in [0.5, 0.6) is 0 Å². The number of aryl methyl sites for hydroxylation is 2. The number of esters is 1. The zero-order valence-electron chi connectivity index (χ0n) is 23.3. The van der Waals surface area contributed by atoms with Crippen LogP contribution >= 0.6 is 0 Å². The van der Waals surface area contributed by atoms with E-state index in [1.165, 1.54) is 12.0 Å². The largest absolute Gasteiger partial charge is 0.458 e. The average molecular weight is 512 g/mol. The van der Waals surface area contributed by atoms with Crippen molar-refractivity contribution < 1.29 is 14.3 Å². The summed E-state index contributed by atoms with van der Waals surface area (Å²) in [7, 11) is 1.74. The number of anilines is 2. The van der Waals surface area contributed by atoms with E-state index in [0.717, 1.165) is 69.1 Å². The number of aromatic nitrogens is 2. The average Bonchev–Trinajstić information content (AvgIpc) is 2.88. The molecule has 0 saturated carbocycles. The summed E-state index contributed by atoms with van der Waals surface area (Å²) in [4.78, 5) is 24.4. The molecule has 204 valence electrons. The number of unbranched alkanes of at least 4 members (excludes halogenated alkanes) is 1. The summed E-state index contributed by atoms with van der Waals surface area (Å²) in [5.41, 5.74) is 2.74. The molecule has 0 spiro atoms. The van der Waals surface area contributed by atoms with Gasteiger partial charge in [0.05, 0.1) is 11.8 Å². The quantitative estimate of drug-likeness (QED) is 0.279. The van der Waals surface area contributed by atoms with Crippen molar-refractivity contribution in [2.45, 2.75) is 84.0 Å². The van der Waals surface area contributed by atoms with E-state index in [0.29, 0.717) is 6.42 Å². The van der Waals surface area contributed by atoms with Gasteiger partial charge in [-0.25, -0.2) is 9.78 Å². The van der Waals surface area contributed by atoms with Gasteiger partial charge < -0.3 is 25.0 Å². The molecule has 2 atom stereocenters. The second-order valence-electron chi connectivity index (χ2n) is 10.9. The first kappa shape index (κ1) is 28.9. The fourth-order valence-electron chi connectivity index (χ4n) is 4.46. The van der Waals surface area contributed by atoms with E-state index in [4.69, 9.17) is 14.5 Å². The Labute approximate surface area is 222 Å².